The fourth-order valence-corrected chi connectivity index (χ4v) is 5.01. The lowest BCUT2D eigenvalue weighted by atomic mass is 9.71. The van der Waals surface area contributed by atoms with Crippen LogP contribution >= 0.6 is 0 Å². The lowest BCUT2D eigenvalue weighted by Gasteiger charge is -2.39. The van der Waals surface area contributed by atoms with Gasteiger partial charge in [0.25, 0.3) is 0 Å². The SMILES string of the molecule is COc1cc([C@](O)(CCN(C)C)[C@@H](c2cc(-c3ccccc3)cnc2OC)c2cccc(OC)c2F)cc(OC)n1. The highest BCUT2D eigenvalue weighted by Gasteiger charge is 2.44. The molecule has 0 unspecified atom stereocenters. The number of benzene rings is 2. The number of rotatable bonds is 12. The van der Waals surface area contributed by atoms with Crippen LogP contribution in [0.1, 0.15) is 29.0 Å². The van der Waals surface area contributed by atoms with E-state index in [0.717, 1.165) is 11.1 Å². The van der Waals surface area contributed by atoms with Crippen molar-refractivity contribution in [3.8, 4) is 34.5 Å². The molecule has 8 nitrogen and oxygen atoms in total. The highest BCUT2D eigenvalue weighted by Crippen LogP contribution is 2.49. The molecule has 9 heteroatoms. The normalized spacial score (nSPS) is 13.4. The van der Waals surface area contributed by atoms with Crippen molar-refractivity contribution in [2.75, 3.05) is 49.1 Å². The molecule has 0 amide bonds. The molecule has 0 fully saturated rings. The van der Waals surface area contributed by atoms with E-state index < -0.39 is 17.3 Å². The van der Waals surface area contributed by atoms with E-state index in [-0.39, 0.29) is 35.4 Å². The summed E-state index contributed by atoms with van der Waals surface area (Å²) in [5, 5.41) is 13.0. The molecular weight excluding hydrogens is 525 g/mol. The minimum Gasteiger partial charge on any atom is -0.494 e. The molecule has 41 heavy (non-hydrogen) atoms. The number of aromatic nitrogens is 2. The first-order valence-electron chi connectivity index (χ1n) is 13.1. The molecule has 2 heterocycles. The van der Waals surface area contributed by atoms with E-state index in [0.29, 0.717) is 17.7 Å². The maximum absolute atomic E-state index is 16.2. The van der Waals surface area contributed by atoms with Crippen LogP contribution in [-0.2, 0) is 5.60 Å². The number of halogens is 1. The first-order valence-corrected chi connectivity index (χ1v) is 13.1. The van der Waals surface area contributed by atoms with E-state index in [1.807, 2.05) is 55.4 Å². The molecule has 2 aromatic carbocycles. The fraction of sp³-hybridized carbons (Fsp3) is 0.312. The van der Waals surface area contributed by atoms with E-state index in [9.17, 15) is 5.11 Å². The van der Waals surface area contributed by atoms with Gasteiger partial charge in [-0.1, -0.05) is 42.5 Å². The third kappa shape index (κ3) is 6.26. The monoisotopic (exact) mass is 561 g/mol. The largest absolute Gasteiger partial charge is 0.494 e. The highest BCUT2D eigenvalue weighted by atomic mass is 19.1. The molecule has 0 spiro atoms. The van der Waals surface area contributed by atoms with Gasteiger partial charge in [-0.3, -0.25) is 0 Å². The lowest BCUT2D eigenvalue weighted by Crippen LogP contribution is -2.38. The van der Waals surface area contributed by atoms with Crippen LogP contribution < -0.4 is 18.9 Å². The highest BCUT2D eigenvalue weighted by molar-refractivity contribution is 5.65. The van der Waals surface area contributed by atoms with Crippen LogP contribution in [0.2, 0.25) is 0 Å². The Hall–Kier alpha value is -4.21. The van der Waals surface area contributed by atoms with Crippen LogP contribution in [0, 0.1) is 5.82 Å². The van der Waals surface area contributed by atoms with E-state index in [1.54, 1.807) is 36.5 Å². The summed E-state index contributed by atoms with van der Waals surface area (Å²) in [6, 6.07) is 19.8. The van der Waals surface area contributed by atoms with Crippen molar-refractivity contribution >= 4 is 0 Å². The van der Waals surface area contributed by atoms with E-state index >= 15 is 4.39 Å². The Morgan fingerprint density at radius 1 is 0.829 bits per heavy atom. The van der Waals surface area contributed by atoms with Crippen molar-refractivity contribution in [2.45, 2.75) is 17.9 Å². The van der Waals surface area contributed by atoms with Crippen molar-refractivity contribution in [1.82, 2.24) is 14.9 Å². The Labute approximate surface area is 240 Å². The summed E-state index contributed by atoms with van der Waals surface area (Å²) in [6.07, 6.45) is 1.91. The third-order valence-electron chi connectivity index (χ3n) is 7.13. The van der Waals surface area contributed by atoms with E-state index in [2.05, 4.69) is 9.97 Å². The molecule has 0 saturated carbocycles. The molecule has 2 aromatic heterocycles. The molecule has 4 aromatic rings. The molecule has 216 valence electrons. The number of hydrogen-bond donors (Lipinski definition) is 1. The minimum absolute atomic E-state index is 0.0542. The maximum Gasteiger partial charge on any atom is 0.217 e. The Kier molecular flexibility index (Phi) is 9.42. The number of methoxy groups -OCH3 is 4. The summed E-state index contributed by atoms with van der Waals surface area (Å²) in [5.74, 6) is -0.790. The van der Waals surface area contributed by atoms with Gasteiger partial charge in [-0.2, -0.15) is 4.98 Å². The quantitative estimate of drug-likeness (QED) is 0.250. The number of hydrogen-bond acceptors (Lipinski definition) is 8. The summed E-state index contributed by atoms with van der Waals surface area (Å²) in [5.41, 5.74) is 1.13. The second kappa shape index (κ2) is 13.0. The number of nitrogens with zero attached hydrogens (tertiary/aromatic N) is 3. The van der Waals surface area contributed by atoms with E-state index in [1.165, 1.54) is 28.4 Å². The molecule has 0 aliphatic rings. The van der Waals surface area contributed by atoms with Gasteiger partial charge < -0.3 is 29.0 Å². The third-order valence-corrected chi connectivity index (χ3v) is 7.13. The predicted molar refractivity (Wildman–Crippen MR) is 155 cm³/mol. The Balaban J connectivity index is 2.09. The first kappa shape index (κ1) is 29.8. The standard InChI is InChI=1S/C32H36FN3O5/c1-36(2)16-15-32(37,23-18-27(39-4)35-28(19-23)40-5)29(24-13-10-14-26(38-3)30(24)33)25-17-22(20-34-31(25)41-6)21-11-8-7-9-12-21/h7-14,17-20,29,37H,15-16H2,1-6H3/t29-,32-/m1/s1. The van der Waals surface area contributed by atoms with Gasteiger partial charge in [0, 0.05) is 41.6 Å². The van der Waals surface area contributed by atoms with Crippen LogP contribution in [0.15, 0.2) is 72.9 Å². The summed E-state index contributed by atoms with van der Waals surface area (Å²) >= 11 is 0. The van der Waals surface area contributed by atoms with Gasteiger partial charge in [0.05, 0.1) is 34.4 Å². The average molecular weight is 562 g/mol. The number of aliphatic hydroxyl groups is 1. The smallest absolute Gasteiger partial charge is 0.217 e. The molecule has 4 rings (SSSR count). The topological polar surface area (TPSA) is 86.2 Å². The molecule has 0 aliphatic carbocycles. The molecule has 0 saturated heterocycles. The zero-order valence-electron chi connectivity index (χ0n) is 24.2. The Morgan fingerprint density at radius 2 is 1.51 bits per heavy atom. The van der Waals surface area contributed by atoms with Gasteiger partial charge in [-0.15, -0.1) is 0 Å². The summed E-state index contributed by atoms with van der Waals surface area (Å²) in [7, 11) is 9.71. The summed E-state index contributed by atoms with van der Waals surface area (Å²) in [4.78, 5) is 10.9. The van der Waals surface area contributed by atoms with Crippen molar-refractivity contribution in [3.63, 3.8) is 0 Å². The number of ether oxygens (including phenoxy) is 4. The minimum atomic E-state index is -1.72. The molecule has 2 atom stereocenters. The molecular formula is C32H36FN3O5. The van der Waals surface area contributed by atoms with Gasteiger partial charge in [0.1, 0.15) is 5.60 Å². The van der Waals surface area contributed by atoms with Crippen molar-refractivity contribution in [2.24, 2.45) is 0 Å². The van der Waals surface area contributed by atoms with Gasteiger partial charge in [0.15, 0.2) is 11.6 Å². The summed E-state index contributed by atoms with van der Waals surface area (Å²) in [6.45, 7) is 0.472. The van der Waals surface area contributed by atoms with E-state index in [4.69, 9.17) is 18.9 Å². The van der Waals surface area contributed by atoms with Crippen molar-refractivity contribution < 1.29 is 28.4 Å². The van der Waals surface area contributed by atoms with Gasteiger partial charge in [-0.05, 0) is 43.8 Å². The Morgan fingerprint density at radius 3 is 2.10 bits per heavy atom. The van der Waals surface area contributed by atoms with Crippen LogP contribution in [-0.4, -0.2) is 69.1 Å². The van der Waals surface area contributed by atoms with Crippen molar-refractivity contribution in [1.29, 1.82) is 0 Å². The zero-order chi connectivity index (χ0) is 29.6. The molecule has 0 aliphatic heterocycles. The number of pyridine rings is 2. The average Bonchev–Trinajstić information content (AvgIpc) is 3.01. The zero-order valence-corrected chi connectivity index (χ0v) is 24.2. The molecule has 1 N–H and O–H groups in total. The second-order valence-corrected chi connectivity index (χ2v) is 9.90. The maximum atomic E-state index is 16.2. The van der Waals surface area contributed by atoms with Crippen LogP contribution in [0.3, 0.4) is 0 Å². The van der Waals surface area contributed by atoms with Gasteiger partial charge in [-0.25, -0.2) is 9.37 Å². The van der Waals surface area contributed by atoms with Crippen LogP contribution in [0.25, 0.3) is 11.1 Å². The van der Waals surface area contributed by atoms with Crippen LogP contribution in [0.5, 0.6) is 23.4 Å². The van der Waals surface area contributed by atoms with Gasteiger partial charge >= 0.3 is 0 Å². The van der Waals surface area contributed by atoms with Gasteiger partial charge in [0.2, 0.25) is 17.6 Å². The van der Waals surface area contributed by atoms with Crippen LogP contribution in [0.4, 0.5) is 4.39 Å². The predicted octanol–water partition coefficient (Wildman–Crippen LogP) is 5.29. The second-order valence-electron chi connectivity index (χ2n) is 9.90. The molecule has 0 bridgehead atoms. The molecule has 0 radical (unpaired) electrons. The lowest BCUT2D eigenvalue weighted by molar-refractivity contribution is 0.00229. The fourth-order valence-electron chi connectivity index (χ4n) is 5.01. The Bertz CT molecular complexity index is 1450. The first-order chi connectivity index (χ1) is 19.7. The van der Waals surface area contributed by atoms with Crippen molar-refractivity contribution in [3.05, 3.63) is 95.4 Å². The summed E-state index contributed by atoms with van der Waals surface area (Å²) < 4.78 is 38.2.